The van der Waals surface area contributed by atoms with E-state index in [4.69, 9.17) is 11.6 Å². The number of nitrogens with zero attached hydrogens (tertiary/aromatic N) is 4. The van der Waals surface area contributed by atoms with E-state index in [0.29, 0.717) is 0 Å². The highest BCUT2D eigenvalue weighted by Gasteiger charge is 2.38. The van der Waals surface area contributed by atoms with Crippen molar-refractivity contribution < 1.29 is 18.0 Å². The molecule has 0 aliphatic rings. The van der Waals surface area contributed by atoms with E-state index in [0.717, 1.165) is 15.9 Å². The number of halogens is 4. The first-order valence-corrected chi connectivity index (χ1v) is 7.03. The van der Waals surface area contributed by atoms with Crippen LogP contribution in [0.4, 0.5) is 13.2 Å². The SMILES string of the molecule is Cc1nn(C)cc1CNC(=O)Cn1nc(C(F)(F)F)c(Cl)c1C. The number of rotatable bonds is 4. The number of carbonyl (C=O) groups excluding carboxylic acids is 1. The van der Waals surface area contributed by atoms with Crippen LogP contribution >= 0.6 is 11.6 Å². The monoisotopic (exact) mass is 349 g/mol. The fraction of sp³-hybridized carbons (Fsp3) is 0.462. The molecule has 126 valence electrons. The number of alkyl halides is 3. The van der Waals surface area contributed by atoms with Gasteiger partial charge in [-0.3, -0.25) is 14.2 Å². The average molecular weight is 350 g/mol. The standard InChI is InChI=1S/C13H15ClF3N5O/c1-7-9(5-21(3)19-7)4-18-10(23)6-22-8(2)11(14)12(20-22)13(15,16)17/h5H,4,6H2,1-3H3,(H,18,23). The third-order valence-electron chi connectivity index (χ3n) is 3.29. The first kappa shape index (κ1) is 17.3. The molecule has 0 atom stereocenters. The minimum atomic E-state index is -4.66. The summed E-state index contributed by atoms with van der Waals surface area (Å²) in [7, 11) is 1.76. The summed E-state index contributed by atoms with van der Waals surface area (Å²) in [5, 5.41) is 9.64. The van der Waals surface area contributed by atoms with Gasteiger partial charge in [0.05, 0.1) is 16.4 Å². The van der Waals surface area contributed by atoms with Crippen molar-refractivity contribution >= 4 is 17.5 Å². The average Bonchev–Trinajstić information content (AvgIpc) is 2.89. The zero-order valence-electron chi connectivity index (χ0n) is 12.7. The van der Waals surface area contributed by atoms with Crippen LogP contribution in [0, 0.1) is 13.8 Å². The second-order valence-corrected chi connectivity index (χ2v) is 5.47. The van der Waals surface area contributed by atoms with Gasteiger partial charge < -0.3 is 5.32 Å². The molecule has 2 rings (SSSR count). The van der Waals surface area contributed by atoms with Gasteiger partial charge in [-0.2, -0.15) is 23.4 Å². The summed E-state index contributed by atoms with van der Waals surface area (Å²) in [5.74, 6) is -0.468. The number of aromatic nitrogens is 4. The molecular formula is C13H15ClF3N5O. The van der Waals surface area contributed by atoms with Crippen molar-refractivity contribution in [1.29, 1.82) is 0 Å². The van der Waals surface area contributed by atoms with Crippen molar-refractivity contribution in [3.8, 4) is 0 Å². The molecule has 0 unspecified atom stereocenters. The van der Waals surface area contributed by atoms with Crippen LogP contribution < -0.4 is 5.32 Å². The van der Waals surface area contributed by atoms with Crippen molar-refractivity contribution in [2.24, 2.45) is 7.05 Å². The van der Waals surface area contributed by atoms with E-state index in [1.165, 1.54) is 6.92 Å². The maximum absolute atomic E-state index is 12.7. The van der Waals surface area contributed by atoms with Gasteiger partial charge in [-0.05, 0) is 13.8 Å². The van der Waals surface area contributed by atoms with E-state index in [-0.39, 0.29) is 18.8 Å². The highest BCUT2D eigenvalue weighted by Crippen LogP contribution is 2.35. The minimum absolute atomic E-state index is 0.0895. The van der Waals surface area contributed by atoms with Gasteiger partial charge in [-0.1, -0.05) is 11.6 Å². The normalized spacial score (nSPS) is 11.8. The Morgan fingerprint density at radius 2 is 2.00 bits per heavy atom. The Morgan fingerprint density at radius 1 is 1.35 bits per heavy atom. The van der Waals surface area contributed by atoms with Crippen LogP contribution in [-0.2, 0) is 31.1 Å². The Balaban J connectivity index is 2.05. The Morgan fingerprint density at radius 3 is 2.48 bits per heavy atom. The maximum Gasteiger partial charge on any atom is 0.436 e. The number of amides is 1. The molecule has 0 aliphatic heterocycles. The third kappa shape index (κ3) is 3.84. The molecule has 0 aliphatic carbocycles. The van der Waals surface area contributed by atoms with Gasteiger partial charge in [-0.15, -0.1) is 0 Å². The Kier molecular flexibility index (Phi) is 4.69. The lowest BCUT2D eigenvalue weighted by Gasteiger charge is -2.06. The van der Waals surface area contributed by atoms with E-state index >= 15 is 0 Å². The summed E-state index contributed by atoms with van der Waals surface area (Å²) >= 11 is 5.63. The minimum Gasteiger partial charge on any atom is -0.350 e. The van der Waals surface area contributed by atoms with Crippen LogP contribution in [0.15, 0.2) is 6.20 Å². The second-order valence-electron chi connectivity index (χ2n) is 5.09. The van der Waals surface area contributed by atoms with Crippen LogP contribution in [0.2, 0.25) is 5.02 Å². The molecule has 0 spiro atoms. The Labute approximate surface area is 135 Å². The van der Waals surface area contributed by atoms with Crippen molar-refractivity contribution in [3.63, 3.8) is 0 Å². The summed E-state index contributed by atoms with van der Waals surface area (Å²) in [5.41, 5.74) is 0.497. The molecule has 0 bridgehead atoms. The van der Waals surface area contributed by atoms with E-state index in [1.807, 2.05) is 0 Å². The van der Waals surface area contributed by atoms with Gasteiger partial charge in [0.1, 0.15) is 6.54 Å². The summed E-state index contributed by atoms with van der Waals surface area (Å²) in [4.78, 5) is 11.9. The highest BCUT2D eigenvalue weighted by atomic mass is 35.5. The molecule has 2 aromatic rings. The summed E-state index contributed by atoms with van der Waals surface area (Å²) < 4.78 is 40.7. The number of carbonyl (C=O) groups is 1. The van der Waals surface area contributed by atoms with Gasteiger partial charge in [0.15, 0.2) is 5.69 Å². The Hall–Kier alpha value is -2.03. The van der Waals surface area contributed by atoms with Crippen molar-refractivity contribution in [3.05, 3.63) is 33.9 Å². The predicted octanol–water partition coefficient (Wildman–Crippen LogP) is 2.22. The van der Waals surface area contributed by atoms with E-state index < -0.39 is 22.8 Å². The molecule has 1 amide bonds. The zero-order valence-corrected chi connectivity index (χ0v) is 13.5. The number of hydrogen-bond acceptors (Lipinski definition) is 3. The molecule has 0 saturated heterocycles. The molecule has 0 saturated carbocycles. The summed E-state index contributed by atoms with van der Waals surface area (Å²) in [6.45, 7) is 3.07. The number of hydrogen-bond donors (Lipinski definition) is 1. The topological polar surface area (TPSA) is 64.7 Å². The lowest BCUT2D eigenvalue weighted by atomic mass is 10.2. The van der Waals surface area contributed by atoms with Crippen molar-refractivity contribution in [2.75, 3.05) is 0 Å². The molecule has 0 radical (unpaired) electrons. The number of aryl methyl sites for hydroxylation is 2. The molecular weight excluding hydrogens is 335 g/mol. The van der Waals surface area contributed by atoms with Gasteiger partial charge >= 0.3 is 6.18 Å². The van der Waals surface area contributed by atoms with Crippen molar-refractivity contribution in [1.82, 2.24) is 24.9 Å². The summed E-state index contributed by atoms with van der Waals surface area (Å²) in [6, 6.07) is 0. The summed E-state index contributed by atoms with van der Waals surface area (Å²) in [6.07, 6.45) is -2.90. The third-order valence-corrected chi connectivity index (χ3v) is 3.74. The van der Waals surface area contributed by atoms with Gasteiger partial charge in [0.25, 0.3) is 0 Å². The molecule has 0 aromatic carbocycles. The second kappa shape index (κ2) is 6.23. The number of nitrogens with one attached hydrogen (secondary N) is 1. The molecule has 1 N–H and O–H groups in total. The van der Waals surface area contributed by atoms with Crippen LogP contribution in [0.25, 0.3) is 0 Å². The smallest absolute Gasteiger partial charge is 0.350 e. The quantitative estimate of drug-likeness (QED) is 0.920. The Bertz CT molecular complexity index is 735. The van der Waals surface area contributed by atoms with E-state index in [1.54, 1.807) is 24.9 Å². The zero-order chi connectivity index (χ0) is 17.4. The van der Waals surface area contributed by atoms with Gasteiger partial charge in [0.2, 0.25) is 5.91 Å². The lowest BCUT2D eigenvalue weighted by Crippen LogP contribution is -2.28. The van der Waals surface area contributed by atoms with E-state index in [9.17, 15) is 18.0 Å². The predicted molar refractivity (Wildman–Crippen MR) is 76.8 cm³/mol. The van der Waals surface area contributed by atoms with Gasteiger partial charge in [-0.25, -0.2) is 0 Å². The van der Waals surface area contributed by atoms with Gasteiger partial charge in [0, 0.05) is 25.4 Å². The molecule has 0 fully saturated rings. The van der Waals surface area contributed by atoms with Crippen LogP contribution in [0.1, 0.15) is 22.6 Å². The molecule has 6 nitrogen and oxygen atoms in total. The molecule has 2 aromatic heterocycles. The maximum atomic E-state index is 12.7. The fourth-order valence-corrected chi connectivity index (χ4v) is 2.31. The molecule has 10 heteroatoms. The van der Waals surface area contributed by atoms with Crippen LogP contribution in [0.3, 0.4) is 0 Å². The first-order chi connectivity index (χ1) is 10.6. The molecule has 2 heterocycles. The van der Waals surface area contributed by atoms with Crippen molar-refractivity contribution in [2.45, 2.75) is 33.1 Å². The first-order valence-electron chi connectivity index (χ1n) is 6.65. The fourth-order valence-electron chi connectivity index (χ4n) is 2.07. The van der Waals surface area contributed by atoms with E-state index in [2.05, 4.69) is 15.5 Å². The highest BCUT2D eigenvalue weighted by molar-refractivity contribution is 6.32. The largest absolute Gasteiger partial charge is 0.436 e. The van der Waals surface area contributed by atoms with Crippen LogP contribution in [0.5, 0.6) is 0 Å². The van der Waals surface area contributed by atoms with Crippen LogP contribution in [-0.4, -0.2) is 25.5 Å². The lowest BCUT2D eigenvalue weighted by molar-refractivity contribution is -0.141. The molecule has 23 heavy (non-hydrogen) atoms.